The fourth-order valence-electron chi connectivity index (χ4n) is 1.54. The highest BCUT2D eigenvalue weighted by Crippen LogP contribution is 2.24. The Labute approximate surface area is 77.1 Å². The van der Waals surface area contributed by atoms with Gasteiger partial charge >= 0.3 is 0 Å². The first-order valence-corrected chi connectivity index (χ1v) is 4.62. The van der Waals surface area contributed by atoms with Crippen LogP contribution in [0.4, 0.5) is 0 Å². The zero-order valence-corrected chi connectivity index (χ0v) is 7.53. The zero-order valence-electron chi connectivity index (χ0n) is 7.53. The normalized spacial score (nSPS) is 23.3. The molecule has 1 aliphatic rings. The summed E-state index contributed by atoms with van der Waals surface area (Å²) in [7, 11) is 0. The maximum Gasteiger partial charge on any atom is 0.199 e. The lowest BCUT2D eigenvalue weighted by molar-refractivity contribution is 0.0722. The van der Waals surface area contributed by atoms with Gasteiger partial charge < -0.3 is 14.9 Å². The summed E-state index contributed by atoms with van der Waals surface area (Å²) in [6, 6.07) is 0. The monoisotopic (exact) mass is 182 g/mol. The molecule has 1 fully saturated rings. The largest absolute Gasteiger partial charge is 0.444 e. The van der Waals surface area contributed by atoms with E-state index in [1.165, 1.54) is 0 Å². The zero-order chi connectivity index (χ0) is 9.10. The maximum atomic E-state index is 5.46. The summed E-state index contributed by atoms with van der Waals surface area (Å²) in [6.07, 6.45) is 3.89. The lowest BCUT2D eigenvalue weighted by Gasteiger charge is -2.18. The molecule has 4 nitrogen and oxygen atoms in total. The van der Waals surface area contributed by atoms with E-state index in [1.807, 2.05) is 0 Å². The Morgan fingerprint density at radius 2 is 2.54 bits per heavy atom. The van der Waals surface area contributed by atoms with E-state index in [0.717, 1.165) is 37.7 Å². The SMILES string of the molecule is NCc1cnc(C2CCCOC2)o1. The van der Waals surface area contributed by atoms with Gasteiger partial charge in [-0.3, -0.25) is 0 Å². The van der Waals surface area contributed by atoms with E-state index in [4.69, 9.17) is 14.9 Å². The van der Waals surface area contributed by atoms with Gasteiger partial charge in [-0.05, 0) is 12.8 Å². The lowest BCUT2D eigenvalue weighted by Crippen LogP contribution is -2.15. The van der Waals surface area contributed by atoms with Crippen molar-refractivity contribution in [1.82, 2.24) is 4.98 Å². The quantitative estimate of drug-likeness (QED) is 0.742. The molecule has 0 spiro atoms. The van der Waals surface area contributed by atoms with Crippen molar-refractivity contribution in [3.63, 3.8) is 0 Å². The highest BCUT2D eigenvalue weighted by atomic mass is 16.5. The molecule has 1 aromatic heterocycles. The Morgan fingerprint density at radius 3 is 3.15 bits per heavy atom. The smallest absolute Gasteiger partial charge is 0.199 e. The molecule has 0 radical (unpaired) electrons. The van der Waals surface area contributed by atoms with E-state index in [1.54, 1.807) is 6.20 Å². The van der Waals surface area contributed by atoms with Gasteiger partial charge in [-0.1, -0.05) is 0 Å². The van der Waals surface area contributed by atoms with Gasteiger partial charge in [0.25, 0.3) is 0 Å². The van der Waals surface area contributed by atoms with Gasteiger partial charge in [0.1, 0.15) is 5.76 Å². The van der Waals surface area contributed by atoms with Crippen LogP contribution in [-0.2, 0) is 11.3 Å². The van der Waals surface area contributed by atoms with Crippen LogP contribution in [0.3, 0.4) is 0 Å². The van der Waals surface area contributed by atoms with Crippen molar-refractivity contribution < 1.29 is 9.15 Å². The molecule has 1 aromatic rings. The molecule has 0 bridgehead atoms. The van der Waals surface area contributed by atoms with Gasteiger partial charge in [0.2, 0.25) is 0 Å². The van der Waals surface area contributed by atoms with Crippen LogP contribution in [0.2, 0.25) is 0 Å². The number of hydrogen-bond donors (Lipinski definition) is 1. The first-order valence-electron chi connectivity index (χ1n) is 4.62. The van der Waals surface area contributed by atoms with Gasteiger partial charge in [0.15, 0.2) is 5.89 Å². The average molecular weight is 182 g/mol. The molecule has 0 saturated carbocycles. The van der Waals surface area contributed by atoms with Crippen LogP contribution in [0.5, 0.6) is 0 Å². The van der Waals surface area contributed by atoms with E-state index < -0.39 is 0 Å². The minimum Gasteiger partial charge on any atom is -0.444 e. The Balaban J connectivity index is 2.05. The van der Waals surface area contributed by atoms with Crippen molar-refractivity contribution in [3.05, 3.63) is 17.8 Å². The third kappa shape index (κ3) is 1.89. The van der Waals surface area contributed by atoms with Crippen LogP contribution >= 0.6 is 0 Å². The third-order valence-corrected chi connectivity index (χ3v) is 2.28. The van der Waals surface area contributed by atoms with Crippen molar-refractivity contribution in [2.75, 3.05) is 13.2 Å². The molecule has 1 unspecified atom stereocenters. The van der Waals surface area contributed by atoms with E-state index >= 15 is 0 Å². The molecule has 4 heteroatoms. The maximum absolute atomic E-state index is 5.46. The number of aromatic nitrogens is 1. The summed E-state index contributed by atoms with van der Waals surface area (Å²) in [5, 5.41) is 0. The van der Waals surface area contributed by atoms with E-state index in [0.29, 0.717) is 12.5 Å². The first-order chi connectivity index (χ1) is 6.40. The highest BCUT2D eigenvalue weighted by molar-refractivity contribution is 4.99. The second kappa shape index (κ2) is 3.89. The summed E-state index contributed by atoms with van der Waals surface area (Å²) in [5.41, 5.74) is 5.43. The average Bonchev–Trinajstić information content (AvgIpc) is 2.67. The van der Waals surface area contributed by atoms with Crippen molar-refractivity contribution in [2.45, 2.75) is 25.3 Å². The first kappa shape index (κ1) is 8.72. The van der Waals surface area contributed by atoms with Crippen LogP contribution in [0.25, 0.3) is 0 Å². The lowest BCUT2D eigenvalue weighted by atomic mass is 10.0. The number of oxazole rings is 1. The summed E-state index contributed by atoms with van der Waals surface area (Å²) in [4.78, 5) is 4.18. The molecule has 2 heterocycles. The van der Waals surface area contributed by atoms with Crippen molar-refractivity contribution in [1.29, 1.82) is 0 Å². The van der Waals surface area contributed by atoms with Gasteiger partial charge in [0.05, 0.1) is 25.3 Å². The molecule has 1 aliphatic heterocycles. The molecule has 2 rings (SSSR count). The summed E-state index contributed by atoms with van der Waals surface area (Å²) < 4.78 is 10.8. The molecule has 0 aromatic carbocycles. The van der Waals surface area contributed by atoms with Gasteiger partial charge in [-0.15, -0.1) is 0 Å². The summed E-state index contributed by atoms with van der Waals surface area (Å²) in [6.45, 7) is 2.01. The fraction of sp³-hybridized carbons (Fsp3) is 0.667. The second-order valence-corrected chi connectivity index (χ2v) is 3.28. The summed E-state index contributed by atoms with van der Waals surface area (Å²) >= 11 is 0. The molecular formula is C9H14N2O2. The highest BCUT2D eigenvalue weighted by Gasteiger charge is 2.20. The van der Waals surface area contributed by atoms with Crippen LogP contribution < -0.4 is 5.73 Å². The molecule has 13 heavy (non-hydrogen) atoms. The Hall–Kier alpha value is -0.870. The molecular weight excluding hydrogens is 168 g/mol. The van der Waals surface area contributed by atoms with E-state index in [2.05, 4.69) is 4.98 Å². The molecule has 0 amide bonds. The topological polar surface area (TPSA) is 61.3 Å². The number of nitrogens with two attached hydrogens (primary N) is 1. The Morgan fingerprint density at radius 1 is 1.62 bits per heavy atom. The van der Waals surface area contributed by atoms with Crippen LogP contribution in [-0.4, -0.2) is 18.2 Å². The van der Waals surface area contributed by atoms with Gasteiger partial charge in [0, 0.05) is 6.61 Å². The summed E-state index contributed by atoms with van der Waals surface area (Å²) in [5.74, 6) is 1.86. The molecule has 1 atom stereocenters. The molecule has 2 N–H and O–H groups in total. The third-order valence-electron chi connectivity index (χ3n) is 2.28. The van der Waals surface area contributed by atoms with Gasteiger partial charge in [-0.2, -0.15) is 0 Å². The molecule has 0 aliphatic carbocycles. The van der Waals surface area contributed by atoms with Crippen molar-refractivity contribution >= 4 is 0 Å². The standard InChI is InChI=1S/C9H14N2O2/c10-4-8-5-11-9(13-8)7-2-1-3-12-6-7/h5,7H,1-4,6,10H2. The molecule has 1 saturated heterocycles. The Kier molecular flexibility index (Phi) is 2.61. The Bertz CT molecular complexity index is 266. The predicted molar refractivity (Wildman–Crippen MR) is 47.2 cm³/mol. The second-order valence-electron chi connectivity index (χ2n) is 3.28. The van der Waals surface area contributed by atoms with E-state index in [-0.39, 0.29) is 0 Å². The number of rotatable bonds is 2. The number of hydrogen-bond acceptors (Lipinski definition) is 4. The minimum absolute atomic E-state index is 0.328. The minimum atomic E-state index is 0.328. The fourth-order valence-corrected chi connectivity index (χ4v) is 1.54. The van der Waals surface area contributed by atoms with Gasteiger partial charge in [-0.25, -0.2) is 4.98 Å². The van der Waals surface area contributed by atoms with Crippen LogP contribution in [0, 0.1) is 0 Å². The van der Waals surface area contributed by atoms with E-state index in [9.17, 15) is 0 Å². The number of nitrogens with zero attached hydrogens (tertiary/aromatic N) is 1. The van der Waals surface area contributed by atoms with Crippen LogP contribution in [0.1, 0.15) is 30.4 Å². The predicted octanol–water partition coefficient (Wildman–Crippen LogP) is 1.03. The number of ether oxygens (including phenoxy) is 1. The van der Waals surface area contributed by atoms with Crippen LogP contribution in [0.15, 0.2) is 10.6 Å². The van der Waals surface area contributed by atoms with Crippen molar-refractivity contribution in [3.8, 4) is 0 Å². The molecule has 72 valence electrons. The van der Waals surface area contributed by atoms with Crippen molar-refractivity contribution in [2.24, 2.45) is 5.73 Å².